The Kier molecular flexibility index (Phi) is 7.95. The molecule has 0 bridgehead atoms. The quantitative estimate of drug-likeness (QED) is 0.188. The molecule has 0 aliphatic carbocycles. The van der Waals surface area contributed by atoms with Crippen molar-refractivity contribution >= 4 is 5.97 Å². The number of rotatable bonds is 10. The summed E-state index contributed by atoms with van der Waals surface area (Å²) in [5, 5.41) is 0. The van der Waals surface area contributed by atoms with Crippen molar-refractivity contribution in [1.29, 1.82) is 0 Å². The standard InChI is InChI=1S/C14H10F16O2/c1-5(2)7(31)32-14(29,30)13(27,28)12(25,26)11(23,24)10(21,22)9(19,20)6(15)3-4-8(16,17)18/h6H,1,3-4H2,2H3. The molecule has 0 aromatic carbocycles. The van der Waals surface area contributed by atoms with Crippen LogP contribution in [0.1, 0.15) is 19.8 Å². The second-order valence-corrected chi connectivity index (χ2v) is 6.23. The third-order valence-corrected chi connectivity index (χ3v) is 3.61. The van der Waals surface area contributed by atoms with E-state index in [2.05, 4.69) is 11.3 Å². The summed E-state index contributed by atoms with van der Waals surface area (Å²) < 4.78 is 212. The molecule has 0 saturated carbocycles. The van der Waals surface area contributed by atoms with Crippen LogP contribution in [0.15, 0.2) is 12.2 Å². The van der Waals surface area contributed by atoms with Gasteiger partial charge in [-0.1, -0.05) is 6.58 Å². The molecule has 0 radical (unpaired) electrons. The number of alkyl halides is 16. The van der Waals surface area contributed by atoms with Crippen LogP contribution in [0.5, 0.6) is 0 Å². The fourth-order valence-corrected chi connectivity index (χ4v) is 1.72. The maximum Gasteiger partial charge on any atom is 0.473 e. The van der Waals surface area contributed by atoms with E-state index in [-0.39, 0.29) is 0 Å². The monoisotopic (exact) mass is 514 g/mol. The van der Waals surface area contributed by atoms with Crippen LogP contribution in [0, 0.1) is 0 Å². The molecule has 1 unspecified atom stereocenters. The summed E-state index contributed by atoms with van der Waals surface area (Å²) in [6, 6.07) is 0. The number of hydrogen-bond acceptors (Lipinski definition) is 2. The Balaban J connectivity index is 6.30. The van der Waals surface area contributed by atoms with Crippen LogP contribution in [-0.2, 0) is 9.53 Å². The van der Waals surface area contributed by atoms with Crippen LogP contribution in [0.25, 0.3) is 0 Å². The van der Waals surface area contributed by atoms with E-state index < -0.39 is 72.5 Å². The summed E-state index contributed by atoms with van der Waals surface area (Å²) in [6.45, 7) is 2.99. The average Bonchev–Trinajstić information content (AvgIpc) is 2.57. The van der Waals surface area contributed by atoms with Crippen molar-refractivity contribution in [3.05, 3.63) is 12.2 Å². The maximum atomic E-state index is 13.5. The van der Waals surface area contributed by atoms with Crippen molar-refractivity contribution < 1.29 is 79.8 Å². The minimum Gasteiger partial charge on any atom is -0.393 e. The molecule has 0 heterocycles. The third-order valence-electron chi connectivity index (χ3n) is 3.61. The van der Waals surface area contributed by atoms with Gasteiger partial charge in [0.05, 0.1) is 0 Å². The summed E-state index contributed by atoms with van der Waals surface area (Å²) >= 11 is 0. The van der Waals surface area contributed by atoms with E-state index >= 15 is 0 Å². The van der Waals surface area contributed by atoms with Crippen LogP contribution >= 0.6 is 0 Å². The van der Waals surface area contributed by atoms with Gasteiger partial charge in [-0.3, -0.25) is 0 Å². The van der Waals surface area contributed by atoms with Gasteiger partial charge in [0.2, 0.25) is 0 Å². The lowest BCUT2D eigenvalue weighted by molar-refractivity contribution is -0.453. The molecule has 1 atom stereocenters. The molecule has 0 N–H and O–H groups in total. The Bertz CT molecular complexity index is 708. The van der Waals surface area contributed by atoms with Crippen LogP contribution in [0.4, 0.5) is 70.2 Å². The highest BCUT2D eigenvalue weighted by Gasteiger charge is 2.92. The predicted octanol–water partition coefficient (Wildman–Crippen LogP) is 6.56. The van der Waals surface area contributed by atoms with Crippen molar-refractivity contribution in [1.82, 2.24) is 0 Å². The largest absolute Gasteiger partial charge is 0.473 e. The zero-order valence-electron chi connectivity index (χ0n) is 15.1. The first-order valence-electron chi connectivity index (χ1n) is 7.57. The molecule has 0 amide bonds. The van der Waals surface area contributed by atoms with Gasteiger partial charge in [-0.05, 0) is 13.3 Å². The normalized spacial score (nSPS) is 16.0. The lowest BCUT2D eigenvalue weighted by Crippen LogP contribution is -2.72. The zero-order valence-corrected chi connectivity index (χ0v) is 15.1. The topological polar surface area (TPSA) is 26.3 Å². The summed E-state index contributed by atoms with van der Waals surface area (Å²) in [6.07, 6.45) is -22.9. The Morgan fingerprint density at radius 3 is 1.47 bits per heavy atom. The maximum absolute atomic E-state index is 13.5. The van der Waals surface area contributed by atoms with Gasteiger partial charge in [0.25, 0.3) is 0 Å². The Morgan fingerprint density at radius 2 is 1.12 bits per heavy atom. The molecule has 0 aromatic rings. The molecular weight excluding hydrogens is 504 g/mol. The summed E-state index contributed by atoms with van der Waals surface area (Å²) in [5.74, 6) is -42.0. The average molecular weight is 514 g/mol. The fraction of sp³-hybridized carbons (Fsp3) is 0.786. The van der Waals surface area contributed by atoms with E-state index in [0.717, 1.165) is 0 Å². The second-order valence-electron chi connectivity index (χ2n) is 6.23. The summed E-state index contributed by atoms with van der Waals surface area (Å²) in [5.41, 5.74) is -1.21. The highest BCUT2D eigenvalue weighted by atomic mass is 19.4. The molecule has 0 rings (SSSR count). The van der Waals surface area contributed by atoms with Crippen molar-refractivity contribution in [2.45, 2.75) is 67.8 Å². The second kappa shape index (κ2) is 8.46. The molecule has 0 aliphatic rings. The Hall–Kier alpha value is -1.91. The van der Waals surface area contributed by atoms with Gasteiger partial charge in [-0.15, -0.1) is 0 Å². The summed E-state index contributed by atoms with van der Waals surface area (Å²) in [4.78, 5) is 10.8. The van der Waals surface area contributed by atoms with Gasteiger partial charge in [-0.25, -0.2) is 9.18 Å². The van der Waals surface area contributed by atoms with Crippen molar-refractivity contribution in [2.75, 3.05) is 0 Å². The smallest absolute Gasteiger partial charge is 0.393 e. The van der Waals surface area contributed by atoms with E-state index in [4.69, 9.17) is 0 Å². The van der Waals surface area contributed by atoms with Crippen molar-refractivity contribution in [2.24, 2.45) is 0 Å². The highest BCUT2D eigenvalue weighted by Crippen LogP contribution is 2.61. The molecule has 2 nitrogen and oxygen atoms in total. The first-order chi connectivity index (χ1) is 13.7. The molecule has 0 saturated heterocycles. The molecule has 190 valence electrons. The number of halogens is 16. The molecular formula is C14H10F16O2. The van der Waals surface area contributed by atoms with E-state index in [9.17, 15) is 75.0 Å². The van der Waals surface area contributed by atoms with E-state index in [1.807, 2.05) is 0 Å². The number of hydrogen-bond donors (Lipinski definition) is 0. The molecule has 0 fully saturated rings. The van der Waals surface area contributed by atoms with Crippen LogP contribution < -0.4 is 0 Å². The summed E-state index contributed by atoms with van der Waals surface area (Å²) in [7, 11) is 0. The SMILES string of the molecule is C=C(C)C(=O)OC(F)(F)C(F)(F)C(F)(F)C(F)(F)C(F)(F)C(F)(F)C(F)CCC(F)(F)F. The van der Waals surface area contributed by atoms with Gasteiger partial charge < -0.3 is 4.74 Å². The Labute approximate surface area is 167 Å². The van der Waals surface area contributed by atoms with Crippen molar-refractivity contribution in [3.8, 4) is 0 Å². The van der Waals surface area contributed by atoms with E-state index in [0.29, 0.717) is 6.92 Å². The third kappa shape index (κ3) is 5.02. The first kappa shape index (κ1) is 30.1. The van der Waals surface area contributed by atoms with Gasteiger partial charge in [0.15, 0.2) is 6.17 Å². The zero-order chi connectivity index (χ0) is 26.4. The fourth-order valence-electron chi connectivity index (χ4n) is 1.72. The van der Waals surface area contributed by atoms with Crippen LogP contribution in [-0.4, -0.2) is 54.0 Å². The molecule has 32 heavy (non-hydrogen) atoms. The van der Waals surface area contributed by atoms with Gasteiger partial charge in [-0.2, -0.15) is 65.9 Å². The van der Waals surface area contributed by atoms with Gasteiger partial charge >= 0.3 is 47.9 Å². The number of ether oxygens (including phenoxy) is 1. The predicted molar refractivity (Wildman–Crippen MR) is 70.8 cm³/mol. The number of esters is 1. The highest BCUT2D eigenvalue weighted by molar-refractivity contribution is 5.87. The lowest BCUT2D eigenvalue weighted by atomic mass is 9.90. The Morgan fingerprint density at radius 1 is 0.750 bits per heavy atom. The first-order valence-corrected chi connectivity index (χ1v) is 7.57. The minimum atomic E-state index is -8.23. The molecule has 0 spiro atoms. The van der Waals surface area contributed by atoms with Gasteiger partial charge in [0.1, 0.15) is 0 Å². The van der Waals surface area contributed by atoms with Crippen LogP contribution in [0.2, 0.25) is 0 Å². The minimum absolute atomic E-state index is 0.459. The molecule has 18 heteroatoms. The number of carbonyl (C=O) groups is 1. The van der Waals surface area contributed by atoms with Crippen LogP contribution in [0.3, 0.4) is 0 Å². The van der Waals surface area contributed by atoms with E-state index in [1.54, 1.807) is 0 Å². The van der Waals surface area contributed by atoms with Crippen molar-refractivity contribution in [3.63, 3.8) is 0 Å². The number of carbonyl (C=O) groups excluding carboxylic acids is 1. The van der Waals surface area contributed by atoms with Gasteiger partial charge in [0, 0.05) is 12.0 Å². The molecule has 0 aliphatic heterocycles. The van der Waals surface area contributed by atoms with E-state index in [1.165, 1.54) is 0 Å². The lowest BCUT2D eigenvalue weighted by Gasteiger charge is -2.41. The molecule has 0 aromatic heterocycles.